The normalized spacial score (nSPS) is 19.7. The van der Waals surface area contributed by atoms with Crippen molar-refractivity contribution in [2.45, 2.75) is 32.1 Å². The lowest BCUT2D eigenvalue weighted by Gasteiger charge is -2.35. The van der Waals surface area contributed by atoms with Crippen LogP contribution in [0.2, 0.25) is 0 Å². The van der Waals surface area contributed by atoms with E-state index in [0.717, 1.165) is 52.1 Å². The smallest absolute Gasteiger partial charge is 0.238 e. The Balaban J connectivity index is 1.37. The minimum absolute atomic E-state index is 0.143. The van der Waals surface area contributed by atoms with Crippen LogP contribution in [0, 0.1) is 5.82 Å². The Morgan fingerprint density at radius 2 is 1.46 bits per heavy atom. The maximum Gasteiger partial charge on any atom is 0.238 e. The highest BCUT2D eigenvalue weighted by Crippen LogP contribution is 2.12. The van der Waals surface area contributed by atoms with Gasteiger partial charge in [-0.1, -0.05) is 25.3 Å². The van der Waals surface area contributed by atoms with Crippen molar-refractivity contribution in [3.05, 3.63) is 30.1 Å². The summed E-state index contributed by atoms with van der Waals surface area (Å²) in [7, 11) is 0. The SMILES string of the molecule is O=C(CN1CCN(CC(=O)N2CCCCCCC2)CC1)Nc1cccc(F)c1. The van der Waals surface area contributed by atoms with Crippen LogP contribution in [0.3, 0.4) is 0 Å². The Bertz CT molecular complexity index is 654. The number of rotatable bonds is 5. The fraction of sp³-hybridized carbons (Fsp3) is 0.619. The quantitative estimate of drug-likeness (QED) is 0.837. The van der Waals surface area contributed by atoms with Crippen LogP contribution in [0.25, 0.3) is 0 Å². The van der Waals surface area contributed by atoms with Crippen molar-refractivity contribution in [1.29, 1.82) is 0 Å². The molecule has 2 aliphatic heterocycles. The molecule has 1 aromatic rings. The second-order valence-electron chi connectivity index (χ2n) is 7.76. The standard InChI is InChI=1S/C21H31FN4O2/c22-18-7-6-8-19(15-18)23-20(27)16-24-11-13-25(14-12-24)17-21(28)26-9-4-2-1-3-5-10-26/h6-8,15H,1-5,9-14,16-17H2,(H,23,27). The van der Waals surface area contributed by atoms with Crippen molar-refractivity contribution in [1.82, 2.24) is 14.7 Å². The molecule has 2 amide bonds. The van der Waals surface area contributed by atoms with Gasteiger partial charge in [-0.25, -0.2) is 4.39 Å². The number of nitrogens with zero attached hydrogens (tertiary/aromatic N) is 3. The highest BCUT2D eigenvalue weighted by molar-refractivity contribution is 5.92. The zero-order valence-electron chi connectivity index (χ0n) is 16.5. The van der Waals surface area contributed by atoms with Crippen molar-refractivity contribution in [3.63, 3.8) is 0 Å². The van der Waals surface area contributed by atoms with Gasteiger partial charge < -0.3 is 10.2 Å². The van der Waals surface area contributed by atoms with E-state index in [1.807, 2.05) is 4.90 Å². The summed E-state index contributed by atoms with van der Waals surface area (Å²) in [6, 6.07) is 5.91. The van der Waals surface area contributed by atoms with E-state index in [-0.39, 0.29) is 24.2 Å². The minimum atomic E-state index is -0.365. The Hall–Kier alpha value is -1.99. The van der Waals surface area contributed by atoms with Crippen LogP contribution >= 0.6 is 0 Å². The monoisotopic (exact) mass is 390 g/mol. The van der Waals surface area contributed by atoms with Crippen molar-refractivity contribution in [3.8, 4) is 0 Å². The molecule has 28 heavy (non-hydrogen) atoms. The summed E-state index contributed by atoms with van der Waals surface area (Å²) in [5, 5.41) is 2.73. The highest BCUT2D eigenvalue weighted by atomic mass is 19.1. The lowest BCUT2D eigenvalue weighted by molar-refractivity contribution is -0.133. The Labute approximate surface area is 166 Å². The third-order valence-electron chi connectivity index (χ3n) is 5.51. The molecular formula is C21H31FN4O2. The number of halogens is 1. The molecule has 0 radical (unpaired) electrons. The number of benzene rings is 1. The number of carbonyl (C=O) groups excluding carboxylic acids is 2. The first kappa shape index (κ1) is 20.7. The molecule has 0 aliphatic carbocycles. The zero-order chi connectivity index (χ0) is 19.8. The largest absolute Gasteiger partial charge is 0.342 e. The van der Waals surface area contributed by atoms with Crippen molar-refractivity contribution >= 4 is 17.5 Å². The number of nitrogens with one attached hydrogen (secondary N) is 1. The fourth-order valence-corrected chi connectivity index (χ4v) is 3.86. The van der Waals surface area contributed by atoms with Gasteiger partial charge in [-0.05, 0) is 31.0 Å². The van der Waals surface area contributed by atoms with Gasteiger partial charge in [0.15, 0.2) is 0 Å². The maximum absolute atomic E-state index is 13.2. The molecule has 7 heteroatoms. The third-order valence-corrected chi connectivity index (χ3v) is 5.51. The number of anilines is 1. The number of carbonyl (C=O) groups is 2. The minimum Gasteiger partial charge on any atom is -0.342 e. The van der Waals surface area contributed by atoms with E-state index in [1.165, 1.54) is 31.4 Å². The highest BCUT2D eigenvalue weighted by Gasteiger charge is 2.23. The first-order valence-corrected chi connectivity index (χ1v) is 10.4. The fourth-order valence-electron chi connectivity index (χ4n) is 3.86. The van der Waals surface area contributed by atoms with Gasteiger partial charge >= 0.3 is 0 Å². The molecule has 0 atom stereocenters. The molecule has 2 saturated heterocycles. The van der Waals surface area contributed by atoms with Gasteiger partial charge in [0.2, 0.25) is 11.8 Å². The molecule has 6 nitrogen and oxygen atoms in total. The zero-order valence-corrected chi connectivity index (χ0v) is 16.5. The van der Waals surface area contributed by atoms with Gasteiger partial charge in [0.25, 0.3) is 0 Å². The van der Waals surface area contributed by atoms with E-state index in [1.54, 1.807) is 12.1 Å². The van der Waals surface area contributed by atoms with Crippen LogP contribution in [-0.2, 0) is 9.59 Å². The summed E-state index contributed by atoms with van der Waals surface area (Å²) in [4.78, 5) is 31.0. The number of hydrogen-bond donors (Lipinski definition) is 1. The van der Waals surface area contributed by atoms with Crippen molar-refractivity contribution in [2.75, 3.05) is 57.7 Å². The van der Waals surface area contributed by atoms with E-state index in [9.17, 15) is 14.0 Å². The van der Waals surface area contributed by atoms with Crippen molar-refractivity contribution < 1.29 is 14.0 Å². The first-order valence-electron chi connectivity index (χ1n) is 10.4. The molecule has 2 heterocycles. The van der Waals surface area contributed by atoms with Gasteiger partial charge in [0.05, 0.1) is 13.1 Å². The van der Waals surface area contributed by atoms with Crippen LogP contribution in [-0.4, -0.2) is 78.9 Å². The summed E-state index contributed by atoms with van der Waals surface area (Å²) >= 11 is 0. The topological polar surface area (TPSA) is 55.9 Å². The maximum atomic E-state index is 13.2. The molecule has 0 bridgehead atoms. The van der Waals surface area contributed by atoms with Crippen LogP contribution in [0.15, 0.2) is 24.3 Å². The first-order chi connectivity index (χ1) is 13.6. The van der Waals surface area contributed by atoms with Gasteiger partial charge in [-0.15, -0.1) is 0 Å². The molecule has 2 fully saturated rings. The average Bonchev–Trinajstić information content (AvgIpc) is 2.63. The van der Waals surface area contributed by atoms with E-state index in [4.69, 9.17) is 0 Å². The predicted octanol–water partition coefficient (Wildman–Crippen LogP) is 2.17. The van der Waals surface area contributed by atoms with E-state index in [2.05, 4.69) is 15.1 Å². The second kappa shape index (κ2) is 10.5. The summed E-state index contributed by atoms with van der Waals surface area (Å²) in [6.45, 7) is 5.61. The van der Waals surface area contributed by atoms with Crippen LogP contribution in [0.1, 0.15) is 32.1 Å². The summed E-state index contributed by atoms with van der Waals surface area (Å²) < 4.78 is 13.2. The molecule has 1 aromatic carbocycles. The predicted molar refractivity (Wildman–Crippen MR) is 108 cm³/mol. The molecular weight excluding hydrogens is 359 g/mol. The van der Waals surface area contributed by atoms with Gasteiger partial charge in [0.1, 0.15) is 5.82 Å². The summed E-state index contributed by atoms with van der Waals surface area (Å²) in [5.74, 6) is -0.272. The summed E-state index contributed by atoms with van der Waals surface area (Å²) in [6.07, 6.45) is 5.96. The van der Waals surface area contributed by atoms with Gasteiger partial charge in [-0.2, -0.15) is 0 Å². The Morgan fingerprint density at radius 1 is 0.857 bits per heavy atom. The second-order valence-corrected chi connectivity index (χ2v) is 7.76. The summed E-state index contributed by atoms with van der Waals surface area (Å²) in [5.41, 5.74) is 0.475. The molecule has 0 aromatic heterocycles. The van der Waals surface area contributed by atoms with Gasteiger partial charge in [-0.3, -0.25) is 19.4 Å². The van der Waals surface area contributed by atoms with Crippen molar-refractivity contribution in [2.24, 2.45) is 0 Å². The number of hydrogen-bond acceptors (Lipinski definition) is 4. The Kier molecular flexibility index (Phi) is 7.80. The van der Waals surface area contributed by atoms with E-state index < -0.39 is 0 Å². The molecule has 0 saturated carbocycles. The van der Waals surface area contributed by atoms with Gasteiger partial charge in [0, 0.05) is 45.0 Å². The molecule has 1 N–H and O–H groups in total. The number of likely N-dealkylation sites (tertiary alicyclic amines) is 1. The van der Waals surface area contributed by atoms with E-state index >= 15 is 0 Å². The average molecular weight is 391 g/mol. The number of amides is 2. The van der Waals surface area contributed by atoms with E-state index in [0.29, 0.717) is 12.2 Å². The lowest BCUT2D eigenvalue weighted by Crippen LogP contribution is -2.51. The molecule has 0 spiro atoms. The third kappa shape index (κ3) is 6.56. The van der Waals surface area contributed by atoms with Crippen LogP contribution in [0.5, 0.6) is 0 Å². The lowest BCUT2D eigenvalue weighted by atomic mass is 10.1. The Morgan fingerprint density at radius 3 is 2.11 bits per heavy atom. The van der Waals surface area contributed by atoms with Crippen LogP contribution in [0.4, 0.5) is 10.1 Å². The molecule has 2 aliphatic rings. The molecule has 154 valence electrons. The number of piperazine rings is 1. The molecule has 0 unspecified atom stereocenters. The molecule has 3 rings (SSSR count). The van der Waals surface area contributed by atoms with Crippen LogP contribution < -0.4 is 5.32 Å².